The van der Waals surface area contributed by atoms with E-state index in [1.54, 1.807) is 19.1 Å². The van der Waals surface area contributed by atoms with Crippen LogP contribution in [0.25, 0.3) is 0 Å². The second-order valence-corrected chi connectivity index (χ2v) is 5.45. The quantitative estimate of drug-likeness (QED) is 0.927. The Morgan fingerprint density at radius 2 is 2.30 bits per heavy atom. The van der Waals surface area contributed by atoms with Crippen molar-refractivity contribution in [3.8, 4) is 0 Å². The molecule has 1 saturated heterocycles. The number of carbonyl (C=O) groups excluding carboxylic acids is 2. The highest BCUT2D eigenvalue weighted by Crippen LogP contribution is 2.25. The molecule has 6 nitrogen and oxygen atoms in total. The predicted molar refractivity (Wildman–Crippen MR) is 78.8 cm³/mol. The smallest absolute Gasteiger partial charge is 0.247 e. The molecule has 1 aliphatic heterocycles. The van der Waals surface area contributed by atoms with Crippen molar-refractivity contribution >= 4 is 11.8 Å². The highest BCUT2D eigenvalue weighted by atomic mass is 19.1. The number of nitrogens with one attached hydrogen (secondary N) is 1. The maximum absolute atomic E-state index is 13.5. The normalized spacial score (nSPS) is 17.9. The number of carbonyl (C=O) groups is 2. The molecule has 1 aliphatic rings. The second kappa shape index (κ2) is 6.20. The Balaban J connectivity index is 1.85. The van der Waals surface area contributed by atoms with Crippen molar-refractivity contribution in [2.75, 3.05) is 13.1 Å². The van der Waals surface area contributed by atoms with E-state index in [9.17, 15) is 14.0 Å². The number of hydrogen-bond donors (Lipinski definition) is 1. The van der Waals surface area contributed by atoms with Gasteiger partial charge in [0, 0.05) is 19.2 Å². The summed E-state index contributed by atoms with van der Waals surface area (Å²) < 4.78 is 18.5. The molecule has 2 heterocycles. The van der Waals surface area contributed by atoms with Crippen LogP contribution in [0.2, 0.25) is 0 Å². The average molecular weight is 317 g/mol. The first-order valence-electron chi connectivity index (χ1n) is 7.29. The third-order valence-electron chi connectivity index (χ3n) is 3.70. The molecule has 1 aromatic carbocycles. The van der Waals surface area contributed by atoms with Crippen molar-refractivity contribution in [3.05, 3.63) is 53.2 Å². The van der Waals surface area contributed by atoms with Crippen LogP contribution in [-0.4, -0.2) is 35.0 Å². The van der Waals surface area contributed by atoms with Gasteiger partial charge >= 0.3 is 0 Å². The molecule has 1 fully saturated rings. The molecule has 0 saturated carbocycles. The number of hydrogen-bond acceptors (Lipinski definition) is 4. The summed E-state index contributed by atoms with van der Waals surface area (Å²) in [6.07, 6.45) is 0.0138. The highest BCUT2D eigenvalue weighted by Gasteiger charge is 2.34. The molecule has 0 radical (unpaired) electrons. The van der Waals surface area contributed by atoms with E-state index >= 15 is 0 Å². The zero-order valence-electron chi connectivity index (χ0n) is 12.6. The third-order valence-corrected chi connectivity index (χ3v) is 3.70. The first-order chi connectivity index (χ1) is 11.0. The van der Waals surface area contributed by atoms with Gasteiger partial charge in [-0.15, -0.1) is 0 Å². The summed E-state index contributed by atoms with van der Waals surface area (Å²) in [6.45, 7) is 2.49. The molecular weight excluding hydrogens is 301 g/mol. The number of amides is 2. The molecule has 1 aromatic heterocycles. The molecule has 23 heavy (non-hydrogen) atoms. The van der Waals surface area contributed by atoms with Gasteiger partial charge in [-0.05, 0) is 24.6 Å². The number of piperazine rings is 1. The topological polar surface area (TPSA) is 75.4 Å². The lowest BCUT2D eigenvalue weighted by molar-refractivity contribution is -0.143. The average Bonchev–Trinajstić information content (AvgIpc) is 2.92. The molecule has 2 amide bonds. The monoisotopic (exact) mass is 317 g/mol. The van der Waals surface area contributed by atoms with Crippen LogP contribution in [0.4, 0.5) is 4.39 Å². The van der Waals surface area contributed by atoms with Crippen LogP contribution < -0.4 is 5.32 Å². The van der Waals surface area contributed by atoms with Gasteiger partial charge in [-0.2, -0.15) is 0 Å². The van der Waals surface area contributed by atoms with E-state index in [0.29, 0.717) is 30.1 Å². The lowest BCUT2D eigenvalue weighted by Gasteiger charge is -2.35. The first-order valence-corrected chi connectivity index (χ1v) is 7.29. The van der Waals surface area contributed by atoms with Crippen LogP contribution in [-0.2, 0) is 16.0 Å². The fraction of sp³-hybridized carbons (Fsp3) is 0.312. The zero-order chi connectivity index (χ0) is 16.4. The summed E-state index contributed by atoms with van der Waals surface area (Å²) >= 11 is 0. The molecule has 120 valence electrons. The Bertz CT molecular complexity index is 744. The van der Waals surface area contributed by atoms with Gasteiger partial charge in [0.2, 0.25) is 11.8 Å². The minimum atomic E-state index is -0.837. The summed E-state index contributed by atoms with van der Waals surface area (Å²) in [7, 11) is 0. The summed E-state index contributed by atoms with van der Waals surface area (Å²) in [5.74, 6) is -0.579. The number of aromatic nitrogens is 1. The van der Waals surface area contributed by atoms with Crippen molar-refractivity contribution in [2.45, 2.75) is 19.4 Å². The van der Waals surface area contributed by atoms with Crippen LogP contribution >= 0.6 is 0 Å². The fourth-order valence-electron chi connectivity index (χ4n) is 2.69. The maximum atomic E-state index is 13.5. The van der Waals surface area contributed by atoms with Gasteiger partial charge in [-0.25, -0.2) is 4.39 Å². The molecule has 2 aromatic rings. The molecule has 1 atom stereocenters. The Labute approximate surface area is 132 Å². The van der Waals surface area contributed by atoms with Gasteiger partial charge in [0.1, 0.15) is 17.6 Å². The van der Waals surface area contributed by atoms with E-state index in [1.165, 1.54) is 23.1 Å². The molecule has 7 heteroatoms. The van der Waals surface area contributed by atoms with E-state index in [1.807, 2.05) is 0 Å². The van der Waals surface area contributed by atoms with Crippen LogP contribution in [0, 0.1) is 12.7 Å². The highest BCUT2D eigenvalue weighted by molar-refractivity contribution is 5.90. The minimum Gasteiger partial charge on any atom is -0.361 e. The summed E-state index contributed by atoms with van der Waals surface area (Å²) in [5, 5.41) is 6.46. The SMILES string of the molecule is Cc1cc(CC(=O)N2CCNC(=O)[C@@H]2c2cccc(F)c2)on1. The van der Waals surface area contributed by atoms with Crippen LogP contribution in [0.5, 0.6) is 0 Å². The maximum Gasteiger partial charge on any atom is 0.247 e. The molecule has 3 rings (SSSR count). The number of halogens is 1. The Kier molecular flexibility index (Phi) is 4.10. The van der Waals surface area contributed by atoms with Crippen LogP contribution in [0.3, 0.4) is 0 Å². The Morgan fingerprint density at radius 3 is 3.00 bits per heavy atom. The van der Waals surface area contributed by atoms with Gasteiger partial charge in [-0.3, -0.25) is 9.59 Å². The summed E-state index contributed by atoms with van der Waals surface area (Å²) in [6, 6.07) is 6.57. The predicted octanol–water partition coefficient (Wildman–Crippen LogP) is 1.36. The molecule has 0 unspecified atom stereocenters. The van der Waals surface area contributed by atoms with Gasteiger partial charge in [0.15, 0.2) is 0 Å². The lowest BCUT2D eigenvalue weighted by atomic mass is 10.0. The molecule has 0 aliphatic carbocycles. The van der Waals surface area contributed by atoms with Crippen molar-refractivity contribution in [2.24, 2.45) is 0 Å². The molecule has 1 N–H and O–H groups in total. The second-order valence-electron chi connectivity index (χ2n) is 5.45. The van der Waals surface area contributed by atoms with Crippen LogP contribution in [0.1, 0.15) is 23.1 Å². The lowest BCUT2D eigenvalue weighted by Crippen LogP contribution is -2.52. The Morgan fingerprint density at radius 1 is 1.48 bits per heavy atom. The standard InChI is InChI=1S/C16H16FN3O3/c1-10-7-13(23-19-10)9-14(21)20-6-5-18-16(22)15(20)11-3-2-4-12(17)8-11/h2-4,7-8,15H,5-6,9H2,1H3,(H,18,22)/t15-/m0/s1. The molecule has 0 bridgehead atoms. The van der Waals surface area contributed by atoms with Gasteiger partial charge in [-0.1, -0.05) is 17.3 Å². The van der Waals surface area contributed by atoms with Crippen molar-refractivity contribution in [1.29, 1.82) is 0 Å². The van der Waals surface area contributed by atoms with Crippen molar-refractivity contribution < 1.29 is 18.5 Å². The van der Waals surface area contributed by atoms with E-state index < -0.39 is 11.9 Å². The summed E-state index contributed by atoms with van der Waals surface area (Å²) in [4.78, 5) is 26.2. The Hall–Kier alpha value is -2.70. The van der Waals surface area contributed by atoms with E-state index in [0.717, 1.165) is 0 Å². The third kappa shape index (κ3) is 3.23. The molecule has 0 spiro atoms. The van der Waals surface area contributed by atoms with Crippen molar-refractivity contribution in [3.63, 3.8) is 0 Å². The van der Waals surface area contributed by atoms with Gasteiger partial charge < -0.3 is 14.7 Å². The van der Waals surface area contributed by atoms with Crippen molar-refractivity contribution in [1.82, 2.24) is 15.4 Å². The zero-order valence-corrected chi connectivity index (χ0v) is 12.6. The van der Waals surface area contributed by atoms with E-state index in [4.69, 9.17) is 4.52 Å². The molecular formula is C16H16FN3O3. The number of rotatable bonds is 3. The van der Waals surface area contributed by atoms with Gasteiger partial charge in [0.25, 0.3) is 0 Å². The van der Waals surface area contributed by atoms with Crippen LogP contribution in [0.15, 0.2) is 34.9 Å². The van der Waals surface area contributed by atoms with E-state index in [2.05, 4.69) is 10.5 Å². The number of benzene rings is 1. The van der Waals surface area contributed by atoms with E-state index in [-0.39, 0.29) is 18.2 Å². The summed E-state index contributed by atoms with van der Waals surface area (Å²) in [5.41, 5.74) is 1.13. The fourth-order valence-corrected chi connectivity index (χ4v) is 2.69. The number of aryl methyl sites for hydroxylation is 1. The minimum absolute atomic E-state index is 0.0138. The van der Waals surface area contributed by atoms with Gasteiger partial charge in [0.05, 0.1) is 12.1 Å². The first kappa shape index (κ1) is 15.2. The number of nitrogens with zero attached hydrogens (tertiary/aromatic N) is 2. The largest absolute Gasteiger partial charge is 0.361 e.